The van der Waals surface area contributed by atoms with E-state index in [1.807, 2.05) is 10.9 Å². The molecule has 0 spiro atoms. The molecule has 0 saturated heterocycles. The first kappa shape index (κ1) is 7.55. The van der Waals surface area contributed by atoms with Gasteiger partial charge < -0.3 is 5.32 Å². The molecule has 1 aromatic heterocycles. The highest BCUT2D eigenvalue weighted by Crippen LogP contribution is 2.16. The molecule has 0 radical (unpaired) electrons. The van der Waals surface area contributed by atoms with Crippen LogP contribution < -0.4 is 5.32 Å². The van der Waals surface area contributed by atoms with Gasteiger partial charge >= 0.3 is 0 Å². The predicted molar refractivity (Wildman–Crippen MR) is 47.8 cm³/mol. The van der Waals surface area contributed by atoms with Crippen molar-refractivity contribution >= 4 is 0 Å². The van der Waals surface area contributed by atoms with Gasteiger partial charge in [-0.2, -0.15) is 5.10 Å². The van der Waals surface area contributed by atoms with Crippen LogP contribution in [0.15, 0.2) is 24.4 Å². The first-order chi connectivity index (χ1) is 5.92. The van der Waals surface area contributed by atoms with Gasteiger partial charge in [-0.1, -0.05) is 12.2 Å². The second-order valence-corrected chi connectivity index (χ2v) is 2.89. The van der Waals surface area contributed by atoms with Crippen molar-refractivity contribution in [3.8, 4) is 0 Å². The maximum absolute atomic E-state index is 4.22. The summed E-state index contributed by atoms with van der Waals surface area (Å²) >= 11 is 0. The minimum Gasteiger partial charge on any atom is -0.302 e. The molecule has 0 aromatic carbocycles. The zero-order valence-corrected chi connectivity index (χ0v) is 7.20. The van der Waals surface area contributed by atoms with Gasteiger partial charge in [0.05, 0.1) is 11.7 Å². The maximum Gasteiger partial charge on any atom is 0.0680 e. The van der Waals surface area contributed by atoms with Crippen molar-refractivity contribution in [1.82, 2.24) is 15.1 Å². The Morgan fingerprint density at radius 1 is 1.75 bits per heavy atom. The van der Waals surface area contributed by atoms with Gasteiger partial charge in [0.25, 0.3) is 0 Å². The van der Waals surface area contributed by atoms with Crippen molar-refractivity contribution in [1.29, 1.82) is 0 Å². The van der Waals surface area contributed by atoms with E-state index >= 15 is 0 Å². The smallest absolute Gasteiger partial charge is 0.0680 e. The molecule has 1 aliphatic rings. The fourth-order valence-corrected chi connectivity index (χ4v) is 1.54. The second-order valence-electron chi connectivity index (χ2n) is 2.89. The van der Waals surface area contributed by atoms with Crippen molar-refractivity contribution in [2.24, 2.45) is 0 Å². The predicted octanol–water partition coefficient (Wildman–Crippen LogP) is 1.10. The Balaban J connectivity index is 2.26. The summed E-state index contributed by atoms with van der Waals surface area (Å²) in [6.07, 6.45) is 6.19. The summed E-state index contributed by atoms with van der Waals surface area (Å²) in [4.78, 5) is 0. The Morgan fingerprint density at radius 2 is 2.67 bits per heavy atom. The van der Waals surface area contributed by atoms with Crippen LogP contribution in [0, 0.1) is 0 Å². The van der Waals surface area contributed by atoms with Gasteiger partial charge in [-0.15, -0.1) is 0 Å². The quantitative estimate of drug-likeness (QED) is 0.662. The number of aryl methyl sites for hydroxylation is 1. The molecule has 3 heteroatoms. The summed E-state index contributed by atoms with van der Waals surface area (Å²) in [5.74, 6) is 0. The molecule has 0 saturated carbocycles. The van der Waals surface area contributed by atoms with E-state index in [4.69, 9.17) is 0 Å². The van der Waals surface area contributed by atoms with Crippen LogP contribution in [0.5, 0.6) is 0 Å². The number of hydrogen-bond acceptors (Lipinski definition) is 2. The lowest BCUT2D eigenvalue weighted by molar-refractivity contribution is 0.573. The third kappa shape index (κ3) is 1.16. The van der Waals surface area contributed by atoms with Crippen LogP contribution in [-0.2, 0) is 6.54 Å². The van der Waals surface area contributed by atoms with E-state index in [1.54, 1.807) is 0 Å². The monoisotopic (exact) mass is 163 g/mol. The minimum absolute atomic E-state index is 0.368. The number of nitrogens with one attached hydrogen (secondary N) is 1. The van der Waals surface area contributed by atoms with E-state index in [0.29, 0.717) is 6.04 Å². The summed E-state index contributed by atoms with van der Waals surface area (Å²) in [6.45, 7) is 4.02. The topological polar surface area (TPSA) is 29.9 Å². The largest absolute Gasteiger partial charge is 0.302 e. The molecule has 64 valence electrons. The zero-order valence-electron chi connectivity index (χ0n) is 7.20. The van der Waals surface area contributed by atoms with E-state index in [0.717, 1.165) is 13.1 Å². The van der Waals surface area contributed by atoms with Crippen LogP contribution in [0.4, 0.5) is 0 Å². The van der Waals surface area contributed by atoms with Crippen LogP contribution in [0.3, 0.4) is 0 Å². The number of aromatic nitrogens is 2. The van der Waals surface area contributed by atoms with Crippen molar-refractivity contribution < 1.29 is 0 Å². The number of nitrogens with zero attached hydrogens (tertiary/aromatic N) is 2. The van der Waals surface area contributed by atoms with Crippen LogP contribution in [-0.4, -0.2) is 16.3 Å². The van der Waals surface area contributed by atoms with E-state index in [1.165, 1.54) is 5.69 Å². The molecule has 1 aliphatic heterocycles. The van der Waals surface area contributed by atoms with Crippen LogP contribution >= 0.6 is 0 Å². The molecule has 0 amide bonds. The molecule has 3 nitrogen and oxygen atoms in total. The van der Waals surface area contributed by atoms with Crippen molar-refractivity contribution in [3.05, 3.63) is 30.1 Å². The maximum atomic E-state index is 4.22. The second kappa shape index (κ2) is 3.11. The van der Waals surface area contributed by atoms with Gasteiger partial charge in [0.15, 0.2) is 0 Å². The van der Waals surface area contributed by atoms with Crippen molar-refractivity contribution in [3.63, 3.8) is 0 Å². The standard InChI is InChI=1S/C9H13N3/c1-2-12-9(5-7-11-12)8-4-3-6-10-8/h3-5,7-8,10H,2,6H2,1H3. The first-order valence-electron chi connectivity index (χ1n) is 4.33. The lowest BCUT2D eigenvalue weighted by Crippen LogP contribution is -2.17. The van der Waals surface area contributed by atoms with E-state index < -0.39 is 0 Å². The minimum atomic E-state index is 0.368. The van der Waals surface area contributed by atoms with Gasteiger partial charge in [-0.05, 0) is 13.0 Å². The fourth-order valence-electron chi connectivity index (χ4n) is 1.54. The Hall–Kier alpha value is -1.09. The lowest BCUT2D eigenvalue weighted by atomic mass is 10.2. The van der Waals surface area contributed by atoms with Crippen LogP contribution in [0.25, 0.3) is 0 Å². The Morgan fingerprint density at radius 3 is 3.33 bits per heavy atom. The fraction of sp³-hybridized carbons (Fsp3) is 0.444. The Kier molecular flexibility index (Phi) is 1.96. The van der Waals surface area contributed by atoms with Gasteiger partial charge in [-0.3, -0.25) is 4.68 Å². The highest BCUT2D eigenvalue weighted by atomic mass is 15.3. The molecule has 0 fully saturated rings. The molecule has 1 unspecified atom stereocenters. The molecular weight excluding hydrogens is 150 g/mol. The normalized spacial score (nSPS) is 21.9. The molecule has 1 N–H and O–H groups in total. The Labute approximate surface area is 72.1 Å². The SMILES string of the molecule is CCn1nccc1C1C=CCN1. The third-order valence-electron chi connectivity index (χ3n) is 2.15. The summed E-state index contributed by atoms with van der Waals surface area (Å²) in [6, 6.07) is 2.43. The molecule has 2 heterocycles. The molecular formula is C9H13N3. The first-order valence-corrected chi connectivity index (χ1v) is 4.33. The van der Waals surface area contributed by atoms with E-state index in [-0.39, 0.29) is 0 Å². The number of rotatable bonds is 2. The Bertz CT molecular complexity index is 288. The van der Waals surface area contributed by atoms with Gasteiger partial charge in [0, 0.05) is 19.3 Å². The molecule has 1 atom stereocenters. The van der Waals surface area contributed by atoms with Gasteiger partial charge in [0.2, 0.25) is 0 Å². The summed E-state index contributed by atoms with van der Waals surface area (Å²) in [7, 11) is 0. The molecule has 2 rings (SSSR count). The number of hydrogen-bond donors (Lipinski definition) is 1. The average molecular weight is 163 g/mol. The summed E-state index contributed by atoms with van der Waals surface area (Å²) < 4.78 is 2.02. The third-order valence-corrected chi connectivity index (χ3v) is 2.15. The van der Waals surface area contributed by atoms with Crippen molar-refractivity contribution in [2.45, 2.75) is 19.5 Å². The summed E-state index contributed by atoms with van der Waals surface area (Å²) in [5, 5.41) is 7.58. The van der Waals surface area contributed by atoms with Gasteiger partial charge in [-0.25, -0.2) is 0 Å². The molecule has 0 bridgehead atoms. The van der Waals surface area contributed by atoms with Gasteiger partial charge in [0.1, 0.15) is 0 Å². The average Bonchev–Trinajstić information content (AvgIpc) is 2.74. The lowest BCUT2D eigenvalue weighted by Gasteiger charge is -2.10. The zero-order chi connectivity index (χ0) is 8.39. The molecule has 1 aromatic rings. The van der Waals surface area contributed by atoms with E-state index in [2.05, 4.69) is 35.6 Å². The highest BCUT2D eigenvalue weighted by molar-refractivity contribution is 5.17. The van der Waals surface area contributed by atoms with E-state index in [9.17, 15) is 0 Å². The summed E-state index contributed by atoms with van der Waals surface area (Å²) in [5.41, 5.74) is 1.26. The molecule has 12 heavy (non-hydrogen) atoms. The van der Waals surface area contributed by atoms with Crippen LogP contribution in [0.2, 0.25) is 0 Å². The molecule has 0 aliphatic carbocycles. The van der Waals surface area contributed by atoms with Crippen LogP contribution in [0.1, 0.15) is 18.7 Å². The highest BCUT2D eigenvalue weighted by Gasteiger charge is 2.13. The van der Waals surface area contributed by atoms with Crippen molar-refractivity contribution in [2.75, 3.05) is 6.54 Å².